The molecule has 4 unspecified atom stereocenters. The van der Waals surface area contributed by atoms with Crippen molar-refractivity contribution in [2.45, 2.75) is 62.2 Å². The van der Waals surface area contributed by atoms with E-state index in [0.717, 1.165) is 22.3 Å². The van der Waals surface area contributed by atoms with Crippen molar-refractivity contribution in [1.29, 1.82) is 0 Å². The number of carboxylic acid groups (broad SMARTS) is 2. The first kappa shape index (κ1) is 44.3. The molecule has 6 N–H and O–H groups in total. The number of amides is 4. The third-order valence-electron chi connectivity index (χ3n) is 7.99. The smallest absolute Gasteiger partial charge is 0.548 e. The zero-order valence-electron chi connectivity index (χ0n) is 27.1. The molecule has 2 aliphatic rings. The fraction of sp³-hybridized carbons (Fsp3) is 0.438. The van der Waals surface area contributed by atoms with Crippen molar-refractivity contribution in [3.63, 3.8) is 0 Å². The molecule has 2 aromatic carbocycles. The van der Waals surface area contributed by atoms with Gasteiger partial charge in [0.25, 0.3) is 0 Å². The van der Waals surface area contributed by atoms with Crippen LogP contribution in [0.15, 0.2) is 48.5 Å². The molecular formula is C32H40CuN6O8S4. The Labute approximate surface area is 328 Å². The number of carbonyl (C=O) groups excluding carboxylic acids is 6. The number of nitrogens with one attached hydrogen (secondary N) is 6. The van der Waals surface area contributed by atoms with Crippen molar-refractivity contribution in [2.24, 2.45) is 0 Å². The summed E-state index contributed by atoms with van der Waals surface area (Å²) in [4.78, 5) is 70.9. The van der Waals surface area contributed by atoms with E-state index in [0.29, 0.717) is 25.9 Å². The van der Waals surface area contributed by atoms with E-state index in [4.69, 9.17) is 0 Å². The second-order valence-electron chi connectivity index (χ2n) is 11.4. The molecule has 0 saturated heterocycles. The third-order valence-corrected chi connectivity index (χ3v) is 9.45. The summed E-state index contributed by atoms with van der Waals surface area (Å²) in [5, 5.41) is 37.8. The number of hydrogen-bond donors (Lipinski definition) is 10. The molecule has 2 aliphatic heterocycles. The van der Waals surface area contributed by atoms with Gasteiger partial charge in [0.05, 0.1) is 36.1 Å². The van der Waals surface area contributed by atoms with Crippen LogP contribution < -0.4 is 42.1 Å². The fourth-order valence-electron chi connectivity index (χ4n) is 5.12. The van der Waals surface area contributed by atoms with Crippen molar-refractivity contribution in [2.75, 3.05) is 23.0 Å². The molecule has 0 saturated carbocycles. The number of hydrogen-bond acceptors (Lipinski definition) is 14. The minimum absolute atomic E-state index is 0. The maximum absolute atomic E-state index is 12.4. The number of carbonyl (C=O) groups is 6. The number of thiol groups is 4. The zero-order valence-corrected chi connectivity index (χ0v) is 31.6. The summed E-state index contributed by atoms with van der Waals surface area (Å²) in [6, 6.07) is 10.4. The summed E-state index contributed by atoms with van der Waals surface area (Å²) in [5.74, 6) is -4.95. The van der Waals surface area contributed by atoms with Gasteiger partial charge in [-0.3, -0.25) is 19.2 Å². The van der Waals surface area contributed by atoms with Gasteiger partial charge < -0.3 is 51.7 Å². The fourth-order valence-corrected chi connectivity index (χ4v) is 6.11. The van der Waals surface area contributed by atoms with Crippen LogP contribution in [0.4, 0.5) is 0 Å². The molecule has 4 rings (SSSR count). The van der Waals surface area contributed by atoms with Gasteiger partial charge in [-0.2, -0.15) is 50.5 Å². The van der Waals surface area contributed by atoms with Crippen LogP contribution in [-0.2, 0) is 71.8 Å². The Hall–Kier alpha value is -2.90. The second kappa shape index (κ2) is 22.2. The van der Waals surface area contributed by atoms with E-state index >= 15 is 0 Å². The van der Waals surface area contributed by atoms with E-state index < -0.39 is 60.0 Å². The van der Waals surface area contributed by atoms with E-state index in [-0.39, 0.29) is 51.9 Å². The topological polar surface area (TPSA) is 221 Å². The van der Waals surface area contributed by atoms with E-state index in [2.05, 4.69) is 82.4 Å². The predicted octanol–water partition coefficient (Wildman–Crippen LogP) is -3.44. The molecule has 51 heavy (non-hydrogen) atoms. The number of rotatable bonds is 14. The summed E-state index contributed by atoms with van der Waals surface area (Å²) in [7, 11) is 0. The van der Waals surface area contributed by atoms with Gasteiger partial charge in [-0.1, -0.05) is 48.5 Å². The van der Waals surface area contributed by atoms with Crippen LogP contribution in [0.3, 0.4) is 0 Å². The molecule has 0 fully saturated rings. The van der Waals surface area contributed by atoms with Gasteiger partial charge >= 0.3 is 17.1 Å². The van der Waals surface area contributed by atoms with Crippen molar-refractivity contribution in [1.82, 2.24) is 31.9 Å². The van der Waals surface area contributed by atoms with Crippen LogP contribution in [0.5, 0.6) is 0 Å². The van der Waals surface area contributed by atoms with E-state index in [1.807, 2.05) is 48.5 Å². The maximum Gasteiger partial charge on any atom is 2.00 e. The summed E-state index contributed by atoms with van der Waals surface area (Å²) in [5.41, 5.74) is 4.45. The molecule has 14 nitrogen and oxygen atoms in total. The quantitative estimate of drug-likeness (QED) is 0.0671. The van der Waals surface area contributed by atoms with Crippen LogP contribution in [0.2, 0.25) is 0 Å². The average Bonchev–Trinajstić information content (AvgIpc) is 3.12. The van der Waals surface area contributed by atoms with Crippen molar-refractivity contribution < 1.29 is 56.0 Å². The number of benzene rings is 2. The molecule has 0 spiro atoms. The van der Waals surface area contributed by atoms with Gasteiger partial charge in [0.15, 0.2) is 0 Å². The molecule has 4 amide bonds. The molecule has 281 valence electrons. The van der Waals surface area contributed by atoms with Crippen LogP contribution >= 0.6 is 50.5 Å². The van der Waals surface area contributed by atoms with Gasteiger partial charge in [-0.15, -0.1) is 0 Å². The molecule has 6 atom stereocenters. The van der Waals surface area contributed by atoms with Gasteiger partial charge in [0, 0.05) is 36.1 Å². The molecular weight excluding hydrogens is 788 g/mol. The second-order valence-corrected chi connectivity index (χ2v) is 12.9. The van der Waals surface area contributed by atoms with Gasteiger partial charge in [-0.25, -0.2) is 0 Å². The Morgan fingerprint density at radius 2 is 0.882 bits per heavy atom. The molecule has 0 aromatic heterocycles. The average molecular weight is 829 g/mol. The summed E-state index contributed by atoms with van der Waals surface area (Å²) in [6.45, 7) is 1.14. The molecule has 0 aliphatic carbocycles. The van der Waals surface area contributed by atoms with E-state index in [9.17, 15) is 39.0 Å². The molecule has 0 bridgehead atoms. The Kier molecular flexibility index (Phi) is 19.3. The van der Waals surface area contributed by atoms with Crippen LogP contribution in [0.25, 0.3) is 0 Å². The summed E-state index contributed by atoms with van der Waals surface area (Å²) >= 11 is 15.8. The van der Waals surface area contributed by atoms with E-state index in [1.54, 1.807) is 0 Å². The monoisotopic (exact) mass is 827 g/mol. The SMILES string of the molecule is O=C([O-])C(CS)NC(=O)C(CS)NC(=O)[C@@H]1Cc2ccccc2CN1.O=C([O-])C(CS)NC(=O)C(CS)NC(=O)[C@@H]1Cc2ccccc2CN1.[Cu+2]. The van der Waals surface area contributed by atoms with Gasteiger partial charge in [-0.05, 0) is 35.1 Å². The molecule has 2 heterocycles. The van der Waals surface area contributed by atoms with Gasteiger partial charge in [0.1, 0.15) is 12.1 Å². The third kappa shape index (κ3) is 13.2. The maximum atomic E-state index is 12.4. The largest absolute Gasteiger partial charge is 2.00 e. The Morgan fingerprint density at radius 1 is 0.569 bits per heavy atom. The standard InChI is InChI=1S/2C16H21N3O4S2.Cu/c2*20-14(11-5-9-3-1-2-4-10(9)6-17-11)18-12(7-24)15(21)19-13(8-25)16(22)23;/h2*1-4,11-13,17,24-25H,5-8H2,(H,18,20)(H,19,21)(H,22,23);/q;;+2/p-2/t2*11-,12?,13?;/m00./s1. The number of carboxylic acids is 2. The van der Waals surface area contributed by atoms with E-state index in [1.165, 1.54) is 0 Å². The first-order valence-electron chi connectivity index (χ1n) is 15.6. The van der Waals surface area contributed by atoms with Gasteiger partial charge in [0.2, 0.25) is 23.6 Å². The normalized spacial score (nSPS) is 18.2. The van der Waals surface area contributed by atoms with Crippen LogP contribution in [0.1, 0.15) is 22.3 Å². The number of fused-ring (bicyclic) bond motifs is 2. The summed E-state index contributed by atoms with van der Waals surface area (Å²) in [6.07, 6.45) is 1.03. The summed E-state index contributed by atoms with van der Waals surface area (Å²) < 4.78 is 0. The predicted molar refractivity (Wildman–Crippen MR) is 195 cm³/mol. The minimum Gasteiger partial charge on any atom is -0.548 e. The Bertz CT molecular complexity index is 1430. The minimum atomic E-state index is -1.43. The van der Waals surface area contributed by atoms with Crippen LogP contribution in [-0.4, -0.2) is 94.8 Å². The Morgan fingerprint density at radius 3 is 1.18 bits per heavy atom. The molecule has 2 aromatic rings. The first-order chi connectivity index (χ1) is 23.9. The molecule has 1 radical (unpaired) electrons. The van der Waals surface area contributed by atoms with Crippen molar-refractivity contribution >= 4 is 86.1 Å². The number of aliphatic carboxylic acids is 2. The Balaban J connectivity index is 0.000000347. The first-order valence-corrected chi connectivity index (χ1v) is 18.1. The zero-order chi connectivity index (χ0) is 36.8. The van der Waals surface area contributed by atoms with Crippen molar-refractivity contribution in [3.05, 3.63) is 70.8 Å². The van der Waals surface area contributed by atoms with Crippen molar-refractivity contribution in [3.8, 4) is 0 Å². The molecule has 19 heteroatoms. The van der Waals surface area contributed by atoms with Crippen LogP contribution in [0, 0.1) is 0 Å².